The second-order valence-electron chi connectivity index (χ2n) is 6.97. The van der Waals surface area contributed by atoms with E-state index in [1.165, 1.54) is 0 Å². The van der Waals surface area contributed by atoms with Crippen LogP contribution in [0.4, 0.5) is 26.3 Å². The first-order chi connectivity index (χ1) is 15.2. The molecule has 0 unspecified atom stereocenters. The highest BCUT2D eigenvalue weighted by Crippen LogP contribution is 2.33. The summed E-state index contributed by atoms with van der Waals surface area (Å²) in [7, 11) is 0. The standard InChI is InChI=1S/C22H17F6N3O2/c23-21(24,25)15-9-13(8-14(11-15)18(32)2-1-3-19(29)30)5-4-12-6-7-17(22(26,27)28)16(10-12)20(31)33/h6-11H,1-3H2,(H3,29,30)(H2,31,33). The Labute approximate surface area is 184 Å². The van der Waals surface area contributed by atoms with E-state index in [-0.39, 0.29) is 41.8 Å². The van der Waals surface area contributed by atoms with Gasteiger partial charge in [0.25, 0.3) is 0 Å². The van der Waals surface area contributed by atoms with Crippen molar-refractivity contribution >= 4 is 17.5 Å². The van der Waals surface area contributed by atoms with Crippen molar-refractivity contribution in [3.05, 3.63) is 69.8 Å². The molecular weight excluding hydrogens is 452 g/mol. The van der Waals surface area contributed by atoms with Gasteiger partial charge in [0.05, 0.1) is 22.5 Å². The average Bonchev–Trinajstić information content (AvgIpc) is 2.70. The highest BCUT2D eigenvalue weighted by molar-refractivity contribution is 5.97. The van der Waals surface area contributed by atoms with E-state index in [2.05, 4.69) is 11.8 Å². The number of hydrogen-bond donors (Lipinski definition) is 3. The fourth-order valence-corrected chi connectivity index (χ4v) is 2.83. The zero-order valence-corrected chi connectivity index (χ0v) is 16.8. The molecule has 11 heteroatoms. The van der Waals surface area contributed by atoms with Crippen LogP contribution in [-0.2, 0) is 12.4 Å². The average molecular weight is 469 g/mol. The van der Waals surface area contributed by atoms with Gasteiger partial charge in [0.15, 0.2) is 5.78 Å². The number of alkyl halides is 6. The number of nitrogens with one attached hydrogen (secondary N) is 1. The normalized spacial score (nSPS) is 11.5. The third-order valence-corrected chi connectivity index (χ3v) is 4.37. The van der Waals surface area contributed by atoms with E-state index in [1.807, 2.05) is 0 Å². The van der Waals surface area contributed by atoms with Gasteiger partial charge in [-0.3, -0.25) is 15.0 Å². The summed E-state index contributed by atoms with van der Waals surface area (Å²) in [5.41, 5.74) is 6.40. The molecule has 0 fully saturated rings. The minimum Gasteiger partial charge on any atom is -0.388 e. The number of halogens is 6. The molecule has 1 amide bonds. The molecule has 2 aromatic carbocycles. The topological polar surface area (TPSA) is 110 Å². The molecule has 0 bridgehead atoms. The van der Waals surface area contributed by atoms with Crippen LogP contribution in [0.15, 0.2) is 36.4 Å². The first kappa shape index (κ1) is 25.5. The number of amidine groups is 1. The first-order valence-corrected chi connectivity index (χ1v) is 9.30. The van der Waals surface area contributed by atoms with Crippen LogP contribution in [0, 0.1) is 17.3 Å². The van der Waals surface area contributed by atoms with Crippen molar-refractivity contribution in [2.75, 3.05) is 0 Å². The molecule has 0 saturated heterocycles. The van der Waals surface area contributed by atoms with Crippen molar-refractivity contribution in [3.8, 4) is 11.8 Å². The van der Waals surface area contributed by atoms with Crippen molar-refractivity contribution in [3.63, 3.8) is 0 Å². The molecule has 0 heterocycles. The van der Waals surface area contributed by atoms with Crippen molar-refractivity contribution in [2.24, 2.45) is 11.5 Å². The molecule has 5 N–H and O–H groups in total. The maximum absolute atomic E-state index is 13.3. The predicted octanol–water partition coefficient (Wildman–Crippen LogP) is 4.51. The monoisotopic (exact) mass is 469 g/mol. The van der Waals surface area contributed by atoms with Gasteiger partial charge >= 0.3 is 12.4 Å². The number of carbonyl (C=O) groups is 2. The first-order valence-electron chi connectivity index (χ1n) is 9.30. The smallest absolute Gasteiger partial charge is 0.388 e. The van der Waals surface area contributed by atoms with Gasteiger partial charge in [0.2, 0.25) is 5.91 Å². The van der Waals surface area contributed by atoms with Crippen molar-refractivity contribution in [1.82, 2.24) is 0 Å². The molecule has 2 aromatic rings. The minimum atomic E-state index is -4.84. The lowest BCUT2D eigenvalue weighted by Crippen LogP contribution is -2.18. The Balaban J connectivity index is 2.46. The van der Waals surface area contributed by atoms with E-state index in [9.17, 15) is 35.9 Å². The maximum Gasteiger partial charge on any atom is 0.417 e. The Morgan fingerprint density at radius 3 is 2.03 bits per heavy atom. The number of nitrogens with two attached hydrogens (primary N) is 2. The van der Waals surface area contributed by atoms with Crippen molar-refractivity contribution < 1.29 is 35.9 Å². The fraction of sp³-hybridized carbons (Fsp3) is 0.227. The Morgan fingerprint density at radius 1 is 0.848 bits per heavy atom. The molecule has 0 aliphatic heterocycles. The Morgan fingerprint density at radius 2 is 1.48 bits per heavy atom. The third kappa shape index (κ3) is 7.10. The number of rotatable bonds is 6. The van der Waals surface area contributed by atoms with Crippen LogP contribution in [-0.4, -0.2) is 17.5 Å². The van der Waals surface area contributed by atoms with Crippen molar-refractivity contribution in [1.29, 1.82) is 5.41 Å². The number of hydrogen-bond acceptors (Lipinski definition) is 3. The second-order valence-corrected chi connectivity index (χ2v) is 6.97. The Kier molecular flexibility index (Phi) is 7.53. The van der Waals surface area contributed by atoms with Gasteiger partial charge in [-0.05, 0) is 42.8 Å². The van der Waals surface area contributed by atoms with Gasteiger partial charge in [0.1, 0.15) is 0 Å². The number of Topliss-reactive ketones (excluding diaryl/α,β-unsaturated/α-hetero) is 1. The van der Waals surface area contributed by atoms with Crippen LogP contribution in [0.2, 0.25) is 0 Å². The van der Waals surface area contributed by atoms with Gasteiger partial charge in [-0.15, -0.1) is 0 Å². The van der Waals surface area contributed by atoms with Crippen LogP contribution >= 0.6 is 0 Å². The molecule has 174 valence electrons. The van der Waals surface area contributed by atoms with E-state index >= 15 is 0 Å². The molecule has 0 aliphatic rings. The lowest BCUT2D eigenvalue weighted by atomic mass is 9.99. The quantitative estimate of drug-likeness (QED) is 0.190. The second kappa shape index (κ2) is 9.77. The summed E-state index contributed by atoms with van der Waals surface area (Å²) >= 11 is 0. The molecule has 33 heavy (non-hydrogen) atoms. The van der Waals surface area contributed by atoms with E-state index in [0.29, 0.717) is 18.2 Å². The van der Waals surface area contributed by atoms with Crippen LogP contribution in [0.5, 0.6) is 0 Å². The number of primary amides is 1. The zero-order valence-electron chi connectivity index (χ0n) is 16.8. The van der Waals surface area contributed by atoms with Crippen LogP contribution in [0.3, 0.4) is 0 Å². The predicted molar refractivity (Wildman–Crippen MR) is 107 cm³/mol. The van der Waals surface area contributed by atoms with Crippen LogP contribution in [0.1, 0.15) is 62.2 Å². The van der Waals surface area contributed by atoms with E-state index in [1.54, 1.807) is 0 Å². The molecule has 0 aromatic heterocycles. The molecular formula is C22H17F6N3O2. The molecule has 0 spiro atoms. The number of ketones is 1. The van der Waals surface area contributed by atoms with E-state index in [0.717, 1.165) is 18.2 Å². The summed E-state index contributed by atoms with van der Waals surface area (Å²) in [6, 6.07) is 4.82. The number of carbonyl (C=O) groups excluding carboxylic acids is 2. The van der Waals surface area contributed by atoms with Gasteiger partial charge in [-0.1, -0.05) is 11.8 Å². The summed E-state index contributed by atoms with van der Waals surface area (Å²) in [5.74, 6) is 2.65. The molecule has 0 radical (unpaired) electrons. The number of benzene rings is 2. The summed E-state index contributed by atoms with van der Waals surface area (Å²) in [5, 5.41) is 7.13. The van der Waals surface area contributed by atoms with Gasteiger partial charge in [-0.2, -0.15) is 26.3 Å². The summed E-state index contributed by atoms with van der Waals surface area (Å²) < 4.78 is 78.8. The van der Waals surface area contributed by atoms with E-state index in [4.69, 9.17) is 16.9 Å². The van der Waals surface area contributed by atoms with Crippen LogP contribution in [0.25, 0.3) is 0 Å². The molecule has 0 atom stereocenters. The van der Waals surface area contributed by atoms with Crippen LogP contribution < -0.4 is 11.5 Å². The minimum absolute atomic E-state index is 0.0939. The lowest BCUT2D eigenvalue weighted by Gasteiger charge is -2.11. The highest BCUT2D eigenvalue weighted by Gasteiger charge is 2.35. The molecule has 0 saturated carbocycles. The summed E-state index contributed by atoms with van der Waals surface area (Å²) in [6.45, 7) is 0. The van der Waals surface area contributed by atoms with E-state index < -0.39 is 40.7 Å². The zero-order chi connectivity index (χ0) is 25.0. The lowest BCUT2D eigenvalue weighted by molar-refractivity contribution is -0.138. The molecule has 0 aliphatic carbocycles. The highest BCUT2D eigenvalue weighted by atomic mass is 19.4. The van der Waals surface area contributed by atoms with Gasteiger partial charge in [0, 0.05) is 29.5 Å². The molecule has 2 rings (SSSR count). The summed E-state index contributed by atoms with van der Waals surface area (Å²) in [4.78, 5) is 23.7. The maximum atomic E-state index is 13.3. The SMILES string of the molecule is N=C(N)CCCC(=O)c1cc(C#Cc2ccc(C(F)(F)F)c(C(N)=O)c2)cc(C(F)(F)F)c1. The van der Waals surface area contributed by atoms with Crippen molar-refractivity contribution in [2.45, 2.75) is 31.6 Å². The Hall–Kier alpha value is -3.81. The molecule has 5 nitrogen and oxygen atoms in total. The number of amides is 1. The van der Waals surface area contributed by atoms with Gasteiger partial charge in [-0.25, -0.2) is 0 Å². The largest absolute Gasteiger partial charge is 0.417 e. The summed E-state index contributed by atoms with van der Waals surface area (Å²) in [6.07, 6.45) is -9.48. The van der Waals surface area contributed by atoms with Gasteiger partial charge < -0.3 is 11.5 Å². The third-order valence-electron chi connectivity index (χ3n) is 4.37. The fourth-order valence-electron chi connectivity index (χ4n) is 2.83. The Bertz CT molecular complexity index is 1160.